The van der Waals surface area contributed by atoms with Gasteiger partial charge in [-0.05, 0) is 29.2 Å². The van der Waals surface area contributed by atoms with E-state index in [1.807, 2.05) is 31.2 Å². The Morgan fingerprint density at radius 3 is 2.73 bits per heavy atom. The number of benzene rings is 1. The van der Waals surface area contributed by atoms with Crippen LogP contribution >= 0.6 is 11.6 Å². The second kappa shape index (κ2) is 4.08. The van der Waals surface area contributed by atoms with Gasteiger partial charge in [-0.3, -0.25) is 0 Å². The maximum absolute atomic E-state index is 6.38. The Hall–Kier alpha value is -1.27. The maximum atomic E-state index is 6.38. The van der Waals surface area contributed by atoms with E-state index in [-0.39, 0.29) is 5.38 Å². The highest BCUT2D eigenvalue weighted by Crippen LogP contribution is 2.45. The lowest BCUT2D eigenvalue weighted by atomic mass is 10.1. The molecule has 1 unspecified atom stereocenters. The summed E-state index contributed by atoms with van der Waals surface area (Å²) < 4.78 is 0. The molecule has 0 aromatic heterocycles. The van der Waals surface area contributed by atoms with Crippen molar-refractivity contribution in [3.05, 3.63) is 65.8 Å². The lowest BCUT2D eigenvalue weighted by Crippen LogP contribution is -1.86. The lowest BCUT2D eigenvalue weighted by Gasteiger charge is -2.03. The summed E-state index contributed by atoms with van der Waals surface area (Å²) in [6, 6.07) is 8.25. The fourth-order valence-corrected chi connectivity index (χ4v) is 2.39. The number of fused-ring (bicyclic) bond motifs is 1. The zero-order valence-electron chi connectivity index (χ0n) is 8.70. The van der Waals surface area contributed by atoms with E-state index in [1.54, 1.807) is 0 Å². The van der Waals surface area contributed by atoms with Crippen LogP contribution in [0.3, 0.4) is 0 Å². The summed E-state index contributed by atoms with van der Waals surface area (Å²) in [7, 11) is 0. The van der Waals surface area contributed by atoms with E-state index in [0.29, 0.717) is 0 Å². The minimum atomic E-state index is -0.0510. The summed E-state index contributed by atoms with van der Waals surface area (Å²) in [5.41, 5.74) is 4.71. The zero-order chi connectivity index (χ0) is 10.8. The fraction of sp³-hybridized carbons (Fsp3) is 0.143. The van der Waals surface area contributed by atoms with Crippen LogP contribution < -0.4 is 0 Å². The largest absolute Gasteiger partial charge is 0.113 e. The molecular weight excluding hydrogens is 204 g/mol. The third-order valence-electron chi connectivity index (χ3n) is 2.66. The van der Waals surface area contributed by atoms with Crippen LogP contribution in [-0.2, 0) is 0 Å². The Morgan fingerprint density at radius 1 is 1.33 bits per heavy atom. The molecule has 0 saturated heterocycles. The molecule has 2 rings (SSSR count). The van der Waals surface area contributed by atoms with Gasteiger partial charge in [0.25, 0.3) is 0 Å². The molecule has 0 radical (unpaired) electrons. The average Bonchev–Trinajstić information content (AvgIpc) is 2.54. The summed E-state index contributed by atoms with van der Waals surface area (Å²) in [5, 5.41) is -0.0510. The number of allylic oxidation sites excluding steroid dienone is 5. The Morgan fingerprint density at radius 2 is 2.07 bits per heavy atom. The number of hydrogen-bond acceptors (Lipinski definition) is 0. The van der Waals surface area contributed by atoms with E-state index in [4.69, 9.17) is 11.6 Å². The summed E-state index contributed by atoms with van der Waals surface area (Å²) in [6.45, 7) is 5.84. The molecule has 0 fully saturated rings. The predicted octanol–water partition coefficient (Wildman–Crippen LogP) is 4.50. The minimum Gasteiger partial charge on any atom is -0.113 e. The predicted molar refractivity (Wildman–Crippen MR) is 67.0 cm³/mol. The molecule has 1 aromatic rings. The highest BCUT2D eigenvalue weighted by Gasteiger charge is 2.25. The van der Waals surface area contributed by atoms with E-state index in [2.05, 4.69) is 24.8 Å². The van der Waals surface area contributed by atoms with E-state index < -0.39 is 0 Å². The molecule has 0 amide bonds. The van der Waals surface area contributed by atoms with Crippen molar-refractivity contribution in [1.29, 1.82) is 0 Å². The summed E-state index contributed by atoms with van der Waals surface area (Å²) >= 11 is 6.38. The Labute approximate surface area is 95.6 Å². The van der Waals surface area contributed by atoms with Crippen LogP contribution in [0.25, 0.3) is 5.57 Å². The quantitative estimate of drug-likeness (QED) is 0.639. The zero-order valence-corrected chi connectivity index (χ0v) is 9.46. The van der Waals surface area contributed by atoms with Crippen molar-refractivity contribution in [3.8, 4) is 0 Å². The third kappa shape index (κ3) is 1.55. The van der Waals surface area contributed by atoms with Gasteiger partial charge in [0.1, 0.15) is 0 Å². The molecule has 15 heavy (non-hydrogen) atoms. The molecule has 0 nitrogen and oxygen atoms in total. The standard InChI is InChI=1S/C14H13Cl/c1-3-7-11-10(4-2)14(15)13-9-6-5-8-12(11)13/h3-9,14H,2H2,1H3/b7-3-. The molecule has 0 heterocycles. The molecular formula is C14H13Cl. The molecule has 0 aliphatic heterocycles. The summed E-state index contributed by atoms with van der Waals surface area (Å²) in [6.07, 6.45) is 5.98. The molecule has 1 atom stereocenters. The lowest BCUT2D eigenvalue weighted by molar-refractivity contribution is 1.19. The highest BCUT2D eigenvalue weighted by atomic mass is 35.5. The van der Waals surface area contributed by atoms with Crippen LogP contribution in [0.1, 0.15) is 23.4 Å². The van der Waals surface area contributed by atoms with Crippen molar-refractivity contribution in [2.24, 2.45) is 0 Å². The van der Waals surface area contributed by atoms with Crippen molar-refractivity contribution in [3.63, 3.8) is 0 Å². The van der Waals surface area contributed by atoms with Crippen LogP contribution in [0, 0.1) is 0 Å². The molecule has 1 aliphatic rings. The van der Waals surface area contributed by atoms with Gasteiger partial charge in [0.15, 0.2) is 0 Å². The van der Waals surface area contributed by atoms with Crippen LogP contribution in [0.4, 0.5) is 0 Å². The van der Waals surface area contributed by atoms with Crippen LogP contribution in [0.5, 0.6) is 0 Å². The van der Waals surface area contributed by atoms with Gasteiger partial charge in [-0.25, -0.2) is 0 Å². The molecule has 0 bridgehead atoms. The highest BCUT2D eigenvalue weighted by molar-refractivity contribution is 6.25. The Kier molecular flexibility index (Phi) is 2.79. The number of halogens is 1. The van der Waals surface area contributed by atoms with Gasteiger partial charge in [-0.1, -0.05) is 49.1 Å². The molecule has 0 N–H and O–H groups in total. The van der Waals surface area contributed by atoms with Gasteiger partial charge in [0, 0.05) is 0 Å². The van der Waals surface area contributed by atoms with Crippen molar-refractivity contribution < 1.29 is 0 Å². The molecule has 1 aliphatic carbocycles. The first-order valence-corrected chi connectivity index (χ1v) is 5.46. The fourth-order valence-electron chi connectivity index (χ4n) is 1.99. The molecule has 0 spiro atoms. The van der Waals surface area contributed by atoms with Crippen molar-refractivity contribution in [2.75, 3.05) is 0 Å². The first kappa shape index (κ1) is 10.3. The van der Waals surface area contributed by atoms with Gasteiger partial charge >= 0.3 is 0 Å². The smallest absolute Gasteiger partial charge is 0.0847 e. The van der Waals surface area contributed by atoms with Crippen molar-refractivity contribution in [2.45, 2.75) is 12.3 Å². The van der Waals surface area contributed by atoms with Gasteiger partial charge in [0.05, 0.1) is 5.38 Å². The minimum absolute atomic E-state index is 0.0510. The van der Waals surface area contributed by atoms with Crippen molar-refractivity contribution in [1.82, 2.24) is 0 Å². The van der Waals surface area contributed by atoms with E-state index >= 15 is 0 Å². The second-order valence-electron chi connectivity index (χ2n) is 3.52. The monoisotopic (exact) mass is 216 g/mol. The van der Waals surface area contributed by atoms with Gasteiger partial charge in [-0.15, -0.1) is 11.6 Å². The number of alkyl halides is 1. The normalized spacial score (nSPS) is 19.7. The Bertz CT molecular complexity index is 452. The summed E-state index contributed by atoms with van der Waals surface area (Å²) in [4.78, 5) is 0. The summed E-state index contributed by atoms with van der Waals surface area (Å²) in [5.74, 6) is 0. The van der Waals surface area contributed by atoms with Crippen LogP contribution in [-0.4, -0.2) is 0 Å². The van der Waals surface area contributed by atoms with E-state index in [1.165, 1.54) is 16.7 Å². The third-order valence-corrected chi connectivity index (χ3v) is 3.13. The van der Waals surface area contributed by atoms with E-state index in [9.17, 15) is 0 Å². The SMILES string of the molecule is C=CC1=C(/C=C\C)c2ccccc2C1Cl. The van der Waals surface area contributed by atoms with Crippen LogP contribution in [0.2, 0.25) is 0 Å². The van der Waals surface area contributed by atoms with Gasteiger partial charge < -0.3 is 0 Å². The van der Waals surface area contributed by atoms with Crippen molar-refractivity contribution >= 4 is 17.2 Å². The molecule has 1 aromatic carbocycles. The first-order chi connectivity index (χ1) is 7.29. The first-order valence-electron chi connectivity index (χ1n) is 5.02. The van der Waals surface area contributed by atoms with Gasteiger partial charge in [0.2, 0.25) is 0 Å². The average molecular weight is 217 g/mol. The van der Waals surface area contributed by atoms with Gasteiger partial charge in [-0.2, -0.15) is 0 Å². The topological polar surface area (TPSA) is 0 Å². The second-order valence-corrected chi connectivity index (χ2v) is 3.96. The number of hydrogen-bond donors (Lipinski definition) is 0. The molecule has 76 valence electrons. The number of rotatable bonds is 2. The van der Waals surface area contributed by atoms with E-state index in [0.717, 1.165) is 5.57 Å². The van der Waals surface area contributed by atoms with Crippen LogP contribution in [0.15, 0.2) is 54.6 Å². The Balaban J connectivity index is 2.64. The molecule has 1 heteroatoms. The molecule has 0 saturated carbocycles. The maximum Gasteiger partial charge on any atom is 0.0847 e.